The van der Waals surface area contributed by atoms with E-state index in [9.17, 15) is 12.8 Å². The molecule has 9 heteroatoms. The molecule has 0 spiro atoms. The summed E-state index contributed by atoms with van der Waals surface area (Å²) in [6.45, 7) is -0.000656. The average molecular weight is 394 g/mol. The number of sulfonamides is 1. The molecule has 1 aromatic carbocycles. The number of halogens is 2. The van der Waals surface area contributed by atoms with E-state index < -0.39 is 20.7 Å². The van der Waals surface area contributed by atoms with Gasteiger partial charge in [0.25, 0.3) is 0 Å². The van der Waals surface area contributed by atoms with Gasteiger partial charge in [0.2, 0.25) is 10.0 Å². The molecule has 1 aromatic heterocycles. The molecule has 2 N–H and O–H groups in total. The smallest absolute Gasteiger partial charge is 0.246 e. The van der Waals surface area contributed by atoms with Gasteiger partial charge >= 0.3 is 0 Å². The Bertz CT molecular complexity index is 735. The molecule has 0 unspecified atom stereocenters. The zero-order valence-corrected chi connectivity index (χ0v) is 14.3. The quantitative estimate of drug-likeness (QED) is 0.845. The number of nitrogens with two attached hydrogens (primary N) is 1. The second-order valence-corrected chi connectivity index (χ2v) is 7.97. The van der Waals surface area contributed by atoms with Gasteiger partial charge < -0.3 is 5.73 Å². The molecule has 0 atom stereocenters. The summed E-state index contributed by atoms with van der Waals surface area (Å²) < 4.78 is 40.8. The first kappa shape index (κ1) is 16.5. The van der Waals surface area contributed by atoms with Crippen LogP contribution in [0.4, 0.5) is 4.39 Å². The number of benzene rings is 1. The molecule has 5 nitrogen and oxygen atoms in total. The van der Waals surface area contributed by atoms with E-state index in [-0.39, 0.29) is 18.7 Å². The molecule has 0 aliphatic heterocycles. The van der Waals surface area contributed by atoms with Gasteiger partial charge in [-0.3, -0.25) is 0 Å². The summed E-state index contributed by atoms with van der Waals surface area (Å²) in [7, 11) is -2.58. The van der Waals surface area contributed by atoms with E-state index >= 15 is 0 Å². The fourth-order valence-electron chi connectivity index (χ4n) is 1.75. The third-order valence-electron chi connectivity index (χ3n) is 2.86. The summed E-state index contributed by atoms with van der Waals surface area (Å²) >= 11 is 4.54. The van der Waals surface area contributed by atoms with Crippen LogP contribution in [0.15, 0.2) is 32.4 Å². The van der Waals surface area contributed by atoms with Crippen molar-refractivity contribution in [2.75, 3.05) is 7.05 Å². The molecule has 0 saturated heterocycles. The second-order valence-electron chi connectivity index (χ2n) is 4.32. The van der Waals surface area contributed by atoms with Gasteiger partial charge in [-0.15, -0.1) is 11.3 Å². The van der Waals surface area contributed by atoms with Crippen LogP contribution < -0.4 is 5.73 Å². The molecular weight excluding hydrogens is 381 g/mol. The third kappa shape index (κ3) is 3.49. The van der Waals surface area contributed by atoms with Crippen molar-refractivity contribution in [1.82, 2.24) is 9.29 Å². The van der Waals surface area contributed by atoms with Crippen molar-refractivity contribution in [2.45, 2.75) is 18.0 Å². The highest BCUT2D eigenvalue weighted by Gasteiger charge is 2.27. The van der Waals surface area contributed by atoms with Crippen LogP contribution in [0.3, 0.4) is 0 Å². The Morgan fingerprint density at radius 1 is 1.48 bits per heavy atom. The second kappa shape index (κ2) is 6.49. The van der Waals surface area contributed by atoms with Crippen molar-refractivity contribution in [2.24, 2.45) is 5.73 Å². The maximum absolute atomic E-state index is 14.3. The van der Waals surface area contributed by atoms with Crippen LogP contribution in [-0.2, 0) is 23.1 Å². The molecule has 2 aromatic rings. The molecule has 114 valence electrons. The summed E-state index contributed by atoms with van der Waals surface area (Å²) in [6, 6.07) is 2.70. The van der Waals surface area contributed by atoms with Crippen LogP contribution in [0, 0.1) is 5.82 Å². The Kier molecular flexibility index (Phi) is 5.10. The molecule has 21 heavy (non-hydrogen) atoms. The van der Waals surface area contributed by atoms with Crippen LogP contribution in [0.5, 0.6) is 0 Å². The van der Waals surface area contributed by atoms with Gasteiger partial charge in [-0.25, -0.2) is 17.8 Å². The molecule has 0 aliphatic carbocycles. The standard InChI is InChI=1S/C12H13BrFN3O2S2/c1-17(5-10-6-20-7-16-10)21(18,19)11-3-9(13)2-8(4-15)12(11)14/h2-3,6-7H,4-5,15H2,1H3. The van der Waals surface area contributed by atoms with E-state index in [4.69, 9.17) is 5.73 Å². The normalized spacial score (nSPS) is 12.0. The SMILES string of the molecule is CN(Cc1cscn1)S(=O)(=O)c1cc(Br)cc(CN)c1F. The summed E-state index contributed by atoms with van der Waals surface area (Å²) in [5.74, 6) is -0.814. The number of rotatable bonds is 5. The number of thiazole rings is 1. The van der Waals surface area contributed by atoms with Gasteiger partial charge in [-0.05, 0) is 12.1 Å². The largest absolute Gasteiger partial charge is 0.326 e. The van der Waals surface area contributed by atoms with Crippen molar-refractivity contribution >= 4 is 37.3 Å². The number of hydrogen-bond acceptors (Lipinski definition) is 5. The zero-order valence-electron chi connectivity index (χ0n) is 11.1. The van der Waals surface area contributed by atoms with E-state index in [1.54, 1.807) is 10.9 Å². The van der Waals surface area contributed by atoms with E-state index in [2.05, 4.69) is 20.9 Å². The fraction of sp³-hybridized carbons (Fsp3) is 0.250. The minimum Gasteiger partial charge on any atom is -0.326 e. The summed E-state index contributed by atoms with van der Waals surface area (Å²) in [5.41, 5.74) is 7.81. The predicted molar refractivity (Wildman–Crippen MR) is 82.8 cm³/mol. The first-order chi connectivity index (χ1) is 9.86. The van der Waals surface area contributed by atoms with Crippen molar-refractivity contribution in [1.29, 1.82) is 0 Å². The maximum atomic E-state index is 14.3. The van der Waals surface area contributed by atoms with Gasteiger partial charge in [-0.1, -0.05) is 15.9 Å². The molecule has 0 bridgehead atoms. The van der Waals surface area contributed by atoms with Gasteiger partial charge in [0.15, 0.2) is 0 Å². The zero-order chi connectivity index (χ0) is 15.6. The van der Waals surface area contributed by atoms with Crippen LogP contribution in [0.25, 0.3) is 0 Å². The lowest BCUT2D eigenvalue weighted by molar-refractivity contribution is 0.455. The van der Waals surface area contributed by atoms with Gasteiger partial charge in [0.05, 0.1) is 17.7 Å². The molecule has 2 rings (SSSR count). The van der Waals surface area contributed by atoms with E-state index in [0.29, 0.717) is 10.2 Å². The summed E-state index contributed by atoms with van der Waals surface area (Å²) in [4.78, 5) is 3.63. The lowest BCUT2D eigenvalue weighted by Crippen LogP contribution is -2.28. The number of nitrogens with zero attached hydrogens (tertiary/aromatic N) is 2. The predicted octanol–water partition coefficient (Wildman–Crippen LogP) is 2.32. The van der Waals surface area contributed by atoms with Gasteiger partial charge in [0, 0.05) is 29.0 Å². The van der Waals surface area contributed by atoms with Gasteiger partial charge in [-0.2, -0.15) is 4.31 Å². The van der Waals surface area contributed by atoms with Crippen molar-refractivity contribution < 1.29 is 12.8 Å². The van der Waals surface area contributed by atoms with Gasteiger partial charge in [0.1, 0.15) is 10.7 Å². The lowest BCUT2D eigenvalue weighted by atomic mass is 10.2. The average Bonchev–Trinajstić information content (AvgIpc) is 2.93. The molecule has 0 amide bonds. The highest BCUT2D eigenvalue weighted by molar-refractivity contribution is 9.10. The molecular formula is C12H13BrFN3O2S2. The van der Waals surface area contributed by atoms with Crippen LogP contribution >= 0.6 is 27.3 Å². The van der Waals surface area contributed by atoms with Crippen molar-refractivity contribution in [3.8, 4) is 0 Å². The van der Waals surface area contributed by atoms with Crippen LogP contribution in [0.2, 0.25) is 0 Å². The first-order valence-electron chi connectivity index (χ1n) is 5.87. The molecule has 0 radical (unpaired) electrons. The monoisotopic (exact) mass is 393 g/mol. The Balaban J connectivity index is 2.41. The Morgan fingerprint density at radius 2 is 2.19 bits per heavy atom. The van der Waals surface area contributed by atoms with E-state index in [1.807, 2.05) is 0 Å². The van der Waals surface area contributed by atoms with Crippen molar-refractivity contribution in [3.05, 3.63) is 44.6 Å². The van der Waals surface area contributed by atoms with Crippen molar-refractivity contribution in [3.63, 3.8) is 0 Å². The highest BCUT2D eigenvalue weighted by Crippen LogP contribution is 2.26. The lowest BCUT2D eigenvalue weighted by Gasteiger charge is -2.17. The molecule has 0 aliphatic rings. The molecule has 0 saturated carbocycles. The molecule has 0 fully saturated rings. The van der Waals surface area contributed by atoms with Crippen LogP contribution in [-0.4, -0.2) is 24.8 Å². The third-order valence-corrected chi connectivity index (χ3v) is 5.75. The summed E-state index contributed by atoms with van der Waals surface area (Å²) in [6.07, 6.45) is 0. The number of hydrogen-bond donors (Lipinski definition) is 1. The fourth-order valence-corrected chi connectivity index (χ4v) is 4.23. The maximum Gasteiger partial charge on any atom is 0.246 e. The molecule has 1 heterocycles. The van der Waals surface area contributed by atoms with Crippen LogP contribution in [0.1, 0.15) is 11.3 Å². The topological polar surface area (TPSA) is 76.3 Å². The van der Waals surface area contributed by atoms with E-state index in [0.717, 1.165) is 4.31 Å². The Morgan fingerprint density at radius 3 is 2.76 bits per heavy atom. The minimum atomic E-state index is -3.96. The minimum absolute atomic E-state index is 0.0791. The Hall–Kier alpha value is -0.870. The number of aromatic nitrogens is 1. The Labute approximate surface area is 134 Å². The summed E-state index contributed by atoms with van der Waals surface area (Å²) in [5, 5.41) is 1.74. The van der Waals surface area contributed by atoms with E-state index in [1.165, 1.54) is 30.5 Å². The first-order valence-corrected chi connectivity index (χ1v) is 9.05. The highest BCUT2D eigenvalue weighted by atomic mass is 79.9.